The van der Waals surface area contributed by atoms with Crippen molar-refractivity contribution in [2.45, 2.75) is 157 Å². The first-order chi connectivity index (χ1) is 39.5. The average Bonchev–Trinajstić information content (AvgIpc) is 4.44. The van der Waals surface area contributed by atoms with Gasteiger partial charge < -0.3 is 49.3 Å². The van der Waals surface area contributed by atoms with Crippen LogP contribution in [0, 0.1) is 30.6 Å². The summed E-state index contributed by atoms with van der Waals surface area (Å²) in [6.45, 7) is 26.2. The number of anilines is 1. The summed E-state index contributed by atoms with van der Waals surface area (Å²) in [7, 11) is 2.66. The highest BCUT2D eigenvalue weighted by Gasteiger charge is 2.45. The fourth-order valence-electron chi connectivity index (χ4n) is 10.7. The van der Waals surface area contributed by atoms with E-state index in [1.165, 1.54) is 25.3 Å². The van der Waals surface area contributed by atoms with Crippen molar-refractivity contribution in [3.05, 3.63) is 115 Å². The molecule has 0 bridgehead atoms. The predicted octanol–water partition coefficient (Wildman–Crippen LogP) is 11.2. The molecule has 4 aromatic carbocycles. The zero-order valence-electron chi connectivity index (χ0n) is 52.0. The lowest BCUT2D eigenvalue weighted by Gasteiger charge is -2.32. The van der Waals surface area contributed by atoms with Crippen molar-refractivity contribution < 1.29 is 38.0 Å². The Morgan fingerprint density at radius 2 is 1.05 bits per heavy atom. The number of carbonyl (C=O) groups excluding carboxylic acids is 5. The summed E-state index contributed by atoms with van der Waals surface area (Å²) in [4.78, 5) is 85.4. The van der Waals surface area contributed by atoms with Crippen molar-refractivity contribution in [3.8, 4) is 33.6 Å². The number of imidazole rings is 2. The molecule has 4 N–H and O–H groups in total. The number of likely N-dealkylation sites (tertiary alicyclic amines) is 3. The lowest BCUT2D eigenvalue weighted by Crippen LogP contribution is -2.51. The number of hydrogen-bond acceptors (Lipinski definition) is 10. The maximum Gasteiger partial charge on any atom is 0.488 e. The molecule has 6 aromatic rings. The highest BCUT2D eigenvalue weighted by Crippen LogP contribution is 2.37. The van der Waals surface area contributed by atoms with Gasteiger partial charge in [0.2, 0.25) is 23.6 Å². The van der Waals surface area contributed by atoms with Crippen LogP contribution in [0.5, 0.6) is 0 Å². The molecular formula is C65H85B3N9O8. The predicted molar refractivity (Wildman–Crippen MR) is 337 cm³/mol. The lowest BCUT2D eigenvalue weighted by molar-refractivity contribution is -0.138. The molecule has 7 radical (unpaired) electrons. The maximum atomic E-state index is 13.3. The largest absolute Gasteiger partial charge is 0.488 e. The molecule has 4 saturated heterocycles. The first-order valence-corrected chi connectivity index (χ1v) is 29.5. The number of aromatic nitrogens is 4. The fourth-order valence-corrected chi connectivity index (χ4v) is 10.7. The third kappa shape index (κ3) is 15.6. The van der Waals surface area contributed by atoms with Crippen LogP contribution in [-0.4, -0.2) is 139 Å². The minimum Gasteiger partial charge on any atom is -0.453 e. The van der Waals surface area contributed by atoms with Gasteiger partial charge in [0.05, 0.1) is 54.2 Å². The minimum absolute atomic E-state index is 0. The number of aromatic amines is 2. The highest BCUT2D eigenvalue weighted by molar-refractivity contribution is 6.19. The van der Waals surface area contributed by atoms with Gasteiger partial charge in [-0.1, -0.05) is 114 Å². The Balaban J connectivity index is 0.000000272. The number of alkyl carbamates (subject to hydrolysis) is 1. The van der Waals surface area contributed by atoms with Crippen molar-refractivity contribution in [1.29, 1.82) is 0 Å². The Labute approximate surface area is 507 Å². The first-order valence-electron chi connectivity index (χ1n) is 29.5. The third-order valence-corrected chi connectivity index (χ3v) is 17.5. The summed E-state index contributed by atoms with van der Waals surface area (Å²) in [5, 5.41) is 7.48. The van der Waals surface area contributed by atoms with Gasteiger partial charge in [0.15, 0.2) is 0 Å². The SMILES string of the molecule is CC1(C)O[B]OC1(C)C.COC(=O)N[C@@H](C)C(=O)N1CCCC1C(=O)Nc1ccc2cc(-c3ccc(-c4cnc(C5CCCN5C(=O)[C@H](C)C(C)C)[nH]4)cc3)ccc2c1.Cc1ccc(-c2cnc(C3CCCN3C(=O)[C@H](C)C(C)C)[nH]2)cc1.[B].[B]. The van der Waals surface area contributed by atoms with E-state index in [4.69, 9.17) is 14.3 Å². The molecular weight excluding hydrogens is 1070 g/mol. The number of methoxy groups -OCH3 is 1. The van der Waals surface area contributed by atoms with Crippen molar-refractivity contribution in [1.82, 2.24) is 40.0 Å². The molecule has 0 saturated carbocycles. The Morgan fingerprint density at radius 1 is 0.600 bits per heavy atom. The zero-order chi connectivity index (χ0) is 59.9. The Kier molecular flexibility index (Phi) is 22.7. The molecule has 6 heterocycles. The number of ether oxygens (including phenoxy) is 1. The zero-order valence-corrected chi connectivity index (χ0v) is 52.0. The summed E-state index contributed by atoms with van der Waals surface area (Å²) < 4.78 is 15.0. The third-order valence-electron chi connectivity index (χ3n) is 17.5. The molecule has 5 amide bonds. The van der Waals surface area contributed by atoms with Crippen LogP contribution in [0.3, 0.4) is 0 Å². The van der Waals surface area contributed by atoms with E-state index in [0.717, 1.165) is 94.8 Å². The van der Waals surface area contributed by atoms with Crippen LogP contribution in [0.25, 0.3) is 44.4 Å². The van der Waals surface area contributed by atoms with Gasteiger partial charge in [0.1, 0.15) is 23.7 Å². The number of fused-ring (bicyclic) bond motifs is 1. The van der Waals surface area contributed by atoms with Crippen LogP contribution in [0.15, 0.2) is 97.3 Å². The number of carbonyl (C=O) groups is 5. The summed E-state index contributed by atoms with van der Waals surface area (Å²) in [6.07, 6.45) is 8.23. The second-order valence-corrected chi connectivity index (χ2v) is 24.4. The van der Waals surface area contributed by atoms with E-state index >= 15 is 0 Å². The molecule has 4 aliphatic rings. The van der Waals surface area contributed by atoms with E-state index < -0.39 is 18.2 Å². The number of nitrogens with one attached hydrogen (secondary N) is 4. The summed E-state index contributed by atoms with van der Waals surface area (Å²) in [6, 6.07) is 27.4. The second-order valence-electron chi connectivity index (χ2n) is 24.4. The number of aryl methyl sites for hydroxylation is 1. The Morgan fingerprint density at radius 3 is 1.53 bits per heavy atom. The molecule has 10 rings (SSSR count). The van der Waals surface area contributed by atoms with E-state index in [1.54, 1.807) is 6.92 Å². The normalized spacial score (nSPS) is 19.5. The molecule has 0 aliphatic carbocycles. The molecule has 17 nitrogen and oxygen atoms in total. The number of hydrogen-bond donors (Lipinski definition) is 4. The Bertz CT molecular complexity index is 3220. The molecule has 20 heteroatoms. The molecule has 6 atom stereocenters. The van der Waals surface area contributed by atoms with Gasteiger partial charge in [0.25, 0.3) is 0 Å². The Hall–Kier alpha value is -7.18. The van der Waals surface area contributed by atoms with Gasteiger partial charge in [-0.25, -0.2) is 14.8 Å². The summed E-state index contributed by atoms with van der Waals surface area (Å²) in [5.74, 6) is 2.32. The number of benzene rings is 4. The van der Waals surface area contributed by atoms with Crippen molar-refractivity contribution in [2.75, 3.05) is 32.1 Å². The van der Waals surface area contributed by atoms with Gasteiger partial charge in [-0.2, -0.15) is 0 Å². The van der Waals surface area contributed by atoms with Crippen LogP contribution in [0.4, 0.5) is 10.5 Å². The van der Waals surface area contributed by atoms with Gasteiger partial charge in [-0.15, -0.1) is 0 Å². The fraction of sp³-hybridized carbons (Fsp3) is 0.492. The maximum absolute atomic E-state index is 13.3. The standard InChI is InChI=1S/C39H46N6O5.C20H27N3O.C6H12BO2.2B/c1-23(2)24(3)37(47)44-18-6-8-33(44)35-40-22-32(43-35)27-12-10-26(11-13-27)28-14-15-30-21-31(17-16-29(30)20-28)42-36(46)34-9-7-19-45(34)38(48)25(4)41-39(49)50-5;1-13(2)15(4)20(24)23-11-5-6-18(23)19-21-12-17(22-19)16-9-7-14(3)8-10-16;1-5(2)6(3,4)9-7-8-5;;/h10-17,20-25,33-34H,6-9,18-19H2,1-5H3,(H,40,43)(H,41,49)(H,42,46);7-10,12-13,15,18H,5-6,11H2,1-4H3,(H,21,22);1-4H3;;/t24-,25+,33?,34?;15-,18?;;;/m11.../s1. The molecule has 0 spiro atoms. The van der Waals surface area contributed by atoms with Crippen LogP contribution in [0.2, 0.25) is 0 Å². The second kappa shape index (κ2) is 28.8. The summed E-state index contributed by atoms with van der Waals surface area (Å²) >= 11 is 0. The van der Waals surface area contributed by atoms with Gasteiger partial charge in [-0.3, -0.25) is 19.2 Å². The van der Waals surface area contributed by atoms with Crippen molar-refractivity contribution >= 4 is 70.7 Å². The van der Waals surface area contributed by atoms with Crippen molar-refractivity contribution in [3.63, 3.8) is 0 Å². The molecule has 4 aliphatic heterocycles. The van der Waals surface area contributed by atoms with Crippen LogP contribution in [-0.2, 0) is 33.2 Å². The van der Waals surface area contributed by atoms with Gasteiger partial charge in [-0.05, 0) is 143 Å². The van der Waals surface area contributed by atoms with Crippen molar-refractivity contribution in [2.24, 2.45) is 23.7 Å². The molecule has 447 valence electrons. The lowest BCUT2D eigenvalue weighted by atomic mass is 9.90. The van der Waals surface area contributed by atoms with E-state index in [2.05, 4.69) is 126 Å². The quantitative estimate of drug-likeness (QED) is 0.0806. The number of amides is 5. The number of H-pyrrole nitrogens is 2. The first kappa shape index (κ1) is 67.0. The highest BCUT2D eigenvalue weighted by atomic mass is 16.7. The van der Waals surface area contributed by atoms with Crippen LogP contribution in [0.1, 0.15) is 144 Å². The number of rotatable bonds is 13. The average molecular weight is 1150 g/mol. The van der Waals surface area contributed by atoms with E-state index in [-0.39, 0.29) is 75.6 Å². The monoisotopic (exact) mass is 1150 g/mol. The van der Waals surface area contributed by atoms with Crippen LogP contribution < -0.4 is 10.6 Å². The molecule has 85 heavy (non-hydrogen) atoms. The summed E-state index contributed by atoms with van der Waals surface area (Å²) in [5.41, 5.74) is 7.76. The van der Waals surface area contributed by atoms with Gasteiger partial charge in [0, 0.05) is 54.0 Å². The topological polar surface area (TPSA) is 204 Å². The smallest absolute Gasteiger partial charge is 0.453 e. The van der Waals surface area contributed by atoms with Gasteiger partial charge >= 0.3 is 13.8 Å². The molecule has 3 unspecified atom stereocenters. The van der Waals surface area contributed by atoms with Crippen LogP contribution >= 0.6 is 0 Å². The molecule has 4 fully saturated rings. The minimum atomic E-state index is -0.801. The number of nitrogens with zero attached hydrogens (tertiary/aromatic N) is 5. The van der Waals surface area contributed by atoms with E-state index in [9.17, 15) is 24.0 Å². The van der Waals surface area contributed by atoms with E-state index in [1.807, 2.05) is 88.0 Å². The van der Waals surface area contributed by atoms with E-state index in [0.29, 0.717) is 36.9 Å². The molecule has 2 aromatic heterocycles.